The smallest absolute Gasteiger partial charge is 0.272 e. The normalized spacial score (nSPS) is 10.8. The predicted octanol–water partition coefficient (Wildman–Crippen LogP) is 1.91. The number of amides is 1. The fourth-order valence-electron chi connectivity index (χ4n) is 1.94. The Morgan fingerprint density at radius 1 is 1.52 bits per heavy atom. The Morgan fingerprint density at radius 3 is 2.84 bits per heavy atom. The SMILES string of the molecule is Cc1ncc(CO)c(/C=N\NC(=O)c2ccc([N+](=O)[O-])cc2Cl)c1O. The number of nitrogens with one attached hydrogen (secondary N) is 1. The number of nitrogens with zero attached hydrogens (tertiary/aromatic N) is 3. The molecule has 9 nitrogen and oxygen atoms in total. The Balaban J connectivity index is 2.19. The molecule has 0 aliphatic heterocycles. The highest BCUT2D eigenvalue weighted by Crippen LogP contribution is 2.23. The summed E-state index contributed by atoms with van der Waals surface area (Å²) in [6.45, 7) is 1.20. The molecule has 1 aromatic heterocycles. The van der Waals surface area contributed by atoms with Crippen molar-refractivity contribution in [3.05, 3.63) is 61.9 Å². The largest absolute Gasteiger partial charge is 0.505 e. The topological polar surface area (TPSA) is 138 Å². The lowest BCUT2D eigenvalue weighted by molar-refractivity contribution is -0.384. The zero-order chi connectivity index (χ0) is 18.6. The highest BCUT2D eigenvalue weighted by molar-refractivity contribution is 6.34. The number of aryl methyl sites for hydroxylation is 1. The molecule has 10 heteroatoms. The molecular formula is C15H13ClN4O5. The molecule has 0 saturated heterocycles. The summed E-state index contributed by atoms with van der Waals surface area (Å²) < 4.78 is 0. The molecule has 3 N–H and O–H groups in total. The first-order chi connectivity index (χ1) is 11.8. The summed E-state index contributed by atoms with van der Waals surface area (Å²) in [6.07, 6.45) is 2.54. The number of nitro benzene ring substituents is 1. The summed E-state index contributed by atoms with van der Waals surface area (Å²) in [5, 5.41) is 33.5. The number of pyridine rings is 1. The molecule has 0 atom stereocenters. The molecule has 2 rings (SSSR count). The lowest BCUT2D eigenvalue weighted by atomic mass is 10.1. The van der Waals surface area contributed by atoms with Gasteiger partial charge in [0, 0.05) is 29.5 Å². The van der Waals surface area contributed by atoms with Gasteiger partial charge in [-0.15, -0.1) is 0 Å². The van der Waals surface area contributed by atoms with E-state index in [9.17, 15) is 25.1 Å². The van der Waals surface area contributed by atoms with Crippen molar-refractivity contribution in [3.8, 4) is 5.75 Å². The van der Waals surface area contributed by atoms with Crippen LogP contribution >= 0.6 is 11.6 Å². The second-order valence-electron chi connectivity index (χ2n) is 4.91. The van der Waals surface area contributed by atoms with Gasteiger partial charge in [-0.05, 0) is 13.0 Å². The maximum absolute atomic E-state index is 12.0. The molecule has 0 aliphatic carbocycles. The second-order valence-corrected chi connectivity index (χ2v) is 5.32. The van der Waals surface area contributed by atoms with Gasteiger partial charge in [0.2, 0.25) is 0 Å². The van der Waals surface area contributed by atoms with E-state index in [1.54, 1.807) is 6.92 Å². The van der Waals surface area contributed by atoms with Gasteiger partial charge in [0.1, 0.15) is 5.75 Å². The number of aromatic hydroxyl groups is 1. The summed E-state index contributed by atoms with van der Waals surface area (Å²) >= 11 is 5.86. The number of benzene rings is 1. The number of nitro groups is 1. The number of rotatable bonds is 5. The predicted molar refractivity (Wildman–Crippen MR) is 89.7 cm³/mol. The Labute approximate surface area is 146 Å². The van der Waals surface area contributed by atoms with E-state index >= 15 is 0 Å². The van der Waals surface area contributed by atoms with Crippen LogP contribution in [0, 0.1) is 17.0 Å². The van der Waals surface area contributed by atoms with Gasteiger partial charge in [0.05, 0.1) is 34.0 Å². The maximum atomic E-state index is 12.0. The fourth-order valence-corrected chi connectivity index (χ4v) is 2.20. The monoisotopic (exact) mass is 364 g/mol. The fraction of sp³-hybridized carbons (Fsp3) is 0.133. The average molecular weight is 365 g/mol. The Kier molecular flexibility index (Phi) is 5.63. The second kappa shape index (κ2) is 7.69. The van der Waals surface area contributed by atoms with Gasteiger partial charge in [-0.2, -0.15) is 5.10 Å². The lowest BCUT2D eigenvalue weighted by Gasteiger charge is -2.07. The van der Waals surface area contributed by atoms with Crippen LogP contribution in [0.5, 0.6) is 5.75 Å². The summed E-state index contributed by atoms with van der Waals surface area (Å²) in [5.41, 5.74) is 2.84. The van der Waals surface area contributed by atoms with Gasteiger partial charge in [0.25, 0.3) is 11.6 Å². The minimum atomic E-state index is -0.688. The maximum Gasteiger partial charge on any atom is 0.272 e. The third-order valence-electron chi connectivity index (χ3n) is 3.30. The minimum Gasteiger partial charge on any atom is -0.505 e. The van der Waals surface area contributed by atoms with Crippen molar-refractivity contribution in [1.29, 1.82) is 0 Å². The van der Waals surface area contributed by atoms with Crippen molar-refractivity contribution < 1.29 is 19.9 Å². The van der Waals surface area contributed by atoms with Gasteiger partial charge in [-0.25, -0.2) is 5.43 Å². The van der Waals surface area contributed by atoms with Crippen molar-refractivity contribution >= 4 is 29.4 Å². The van der Waals surface area contributed by atoms with Gasteiger partial charge < -0.3 is 10.2 Å². The minimum absolute atomic E-state index is 0.00179. The van der Waals surface area contributed by atoms with Crippen LogP contribution in [0.4, 0.5) is 5.69 Å². The van der Waals surface area contributed by atoms with Crippen molar-refractivity contribution in [2.45, 2.75) is 13.5 Å². The van der Waals surface area contributed by atoms with E-state index in [0.717, 1.165) is 18.3 Å². The lowest BCUT2D eigenvalue weighted by Crippen LogP contribution is -2.18. The molecule has 1 aromatic carbocycles. The third-order valence-corrected chi connectivity index (χ3v) is 3.61. The van der Waals surface area contributed by atoms with E-state index in [0.29, 0.717) is 11.3 Å². The van der Waals surface area contributed by atoms with E-state index in [1.165, 1.54) is 12.3 Å². The highest BCUT2D eigenvalue weighted by Gasteiger charge is 2.15. The molecule has 0 radical (unpaired) electrons. The molecule has 0 aliphatic rings. The number of hydrogen-bond donors (Lipinski definition) is 3. The van der Waals surface area contributed by atoms with Crippen LogP contribution in [0.1, 0.15) is 27.2 Å². The standard InChI is InChI=1S/C15H13ClN4O5/c1-8-14(22)12(9(7-21)5-17-8)6-18-19-15(23)11-3-2-10(20(24)25)4-13(11)16/h2-6,21-22H,7H2,1H3,(H,19,23)/b18-6-. The van der Waals surface area contributed by atoms with E-state index < -0.39 is 10.8 Å². The van der Waals surface area contributed by atoms with Crippen molar-refractivity contribution in [3.63, 3.8) is 0 Å². The average Bonchev–Trinajstić information content (AvgIpc) is 2.58. The van der Waals surface area contributed by atoms with Crippen LogP contribution in [-0.4, -0.2) is 32.2 Å². The first-order valence-corrected chi connectivity index (χ1v) is 7.28. The molecule has 2 aromatic rings. The number of halogens is 1. The number of hydrogen-bond acceptors (Lipinski definition) is 7. The summed E-state index contributed by atoms with van der Waals surface area (Å²) in [4.78, 5) is 26.0. The molecule has 0 bridgehead atoms. The number of aliphatic hydroxyl groups excluding tert-OH is 1. The zero-order valence-electron chi connectivity index (χ0n) is 12.9. The molecule has 0 fully saturated rings. The Bertz CT molecular complexity index is 869. The van der Waals surface area contributed by atoms with Crippen molar-refractivity contribution in [2.24, 2.45) is 5.10 Å². The van der Waals surface area contributed by atoms with E-state index in [-0.39, 0.29) is 34.2 Å². The Morgan fingerprint density at radius 2 is 2.24 bits per heavy atom. The summed E-state index contributed by atoms with van der Waals surface area (Å²) in [7, 11) is 0. The van der Waals surface area contributed by atoms with E-state index in [1.807, 2.05) is 0 Å². The number of non-ortho nitro benzene ring substituents is 1. The van der Waals surface area contributed by atoms with Gasteiger partial charge in [-0.1, -0.05) is 11.6 Å². The molecule has 1 amide bonds. The van der Waals surface area contributed by atoms with E-state index in [2.05, 4.69) is 15.5 Å². The number of carbonyl (C=O) groups excluding carboxylic acids is 1. The quantitative estimate of drug-likeness (QED) is 0.421. The van der Waals surface area contributed by atoms with E-state index in [4.69, 9.17) is 11.6 Å². The van der Waals surface area contributed by atoms with Crippen molar-refractivity contribution in [2.75, 3.05) is 0 Å². The van der Waals surface area contributed by atoms with Crippen LogP contribution in [0.2, 0.25) is 5.02 Å². The molecule has 25 heavy (non-hydrogen) atoms. The van der Waals surface area contributed by atoms with Gasteiger partial charge in [-0.3, -0.25) is 19.9 Å². The molecule has 0 saturated carbocycles. The van der Waals surface area contributed by atoms with Crippen LogP contribution in [0.3, 0.4) is 0 Å². The van der Waals surface area contributed by atoms with Crippen LogP contribution in [-0.2, 0) is 6.61 Å². The number of carbonyl (C=O) groups is 1. The van der Waals surface area contributed by atoms with Gasteiger partial charge in [0.15, 0.2) is 0 Å². The molecule has 1 heterocycles. The third kappa shape index (κ3) is 4.08. The summed E-state index contributed by atoms with van der Waals surface area (Å²) in [5.74, 6) is -0.857. The number of aliphatic hydroxyl groups is 1. The molecule has 0 unspecified atom stereocenters. The zero-order valence-corrected chi connectivity index (χ0v) is 13.7. The molecule has 130 valence electrons. The summed E-state index contributed by atoms with van der Waals surface area (Å²) in [6, 6.07) is 3.41. The van der Waals surface area contributed by atoms with Crippen LogP contribution in [0.25, 0.3) is 0 Å². The Hall–Kier alpha value is -3.04. The first kappa shape index (κ1) is 18.3. The number of hydrazone groups is 1. The number of aromatic nitrogens is 1. The van der Waals surface area contributed by atoms with Gasteiger partial charge >= 0.3 is 0 Å². The van der Waals surface area contributed by atoms with Crippen LogP contribution in [0.15, 0.2) is 29.5 Å². The highest BCUT2D eigenvalue weighted by atomic mass is 35.5. The molecule has 0 spiro atoms. The first-order valence-electron chi connectivity index (χ1n) is 6.90. The van der Waals surface area contributed by atoms with Crippen molar-refractivity contribution in [1.82, 2.24) is 10.4 Å². The molecular weight excluding hydrogens is 352 g/mol. The van der Waals surface area contributed by atoms with Crippen LogP contribution < -0.4 is 5.43 Å².